The molecule has 0 aliphatic carbocycles. The molecule has 1 fully saturated rings. The van der Waals surface area contributed by atoms with E-state index in [1.807, 2.05) is 30.0 Å². The van der Waals surface area contributed by atoms with Gasteiger partial charge in [0.2, 0.25) is 11.1 Å². The Hall–Kier alpha value is -4.15. The number of thioether (sulfide) groups is 1. The van der Waals surface area contributed by atoms with Gasteiger partial charge in [0.15, 0.2) is 12.3 Å². The molecule has 9 nitrogen and oxygen atoms in total. The molecule has 2 aromatic heterocycles. The van der Waals surface area contributed by atoms with E-state index in [0.29, 0.717) is 60.7 Å². The molecule has 1 atom stereocenters. The highest BCUT2D eigenvalue weighted by atomic mass is 35.5. The second-order valence-electron chi connectivity index (χ2n) is 11.3. The van der Waals surface area contributed by atoms with Crippen LogP contribution < -0.4 is 4.74 Å². The summed E-state index contributed by atoms with van der Waals surface area (Å²) in [5, 5.41) is 11.3. The molecule has 0 spiro atoms. The molecule has 6 rings (SSSR count). The third-order valence-corrected chi connectivity index (χ3v) is 9.20. The number of carbonyl (C=O) groups is 2. The lowest BCUT2D eigenvalue weighted by molar-refractivity contribution is -0.143. The minimum absolute atomic E-state index is 0.0491. The van der Waals surface area contributed by atoms with Crippen molar-refractivity contribution < 1.29 is 14.3 Å². The fourth-order valence-electron chi connectivity index (χ4n) is 5.70. The van der Waals surface area contributed by atoms with E-state index in [1.54, 1.807) is 29.2 Å². The van der Waals surface area contributed by atoms with Gasteiger partial charge in [-0.15, -0.1) is 10.2 Å². The molecule has 0 bridgehead atoms. The van der Waals surface area contributed by atoms with Crippen molar-refractivity contribution in [2.75, 3.05) is 32.0 Å². The number of benzene rings is 3. The third-order valence-electron chi connectivity index (χ3n) is 8.03. The van der Waals surface area contributed by atoms with Gasteiger partial charge in [-0.05, 0) is 62.2 Å². The summed E-state index contributed by atoms with van der Waals surface area (Å²) in [5.74, 6) is 1.30. The van der Waals surface area contributed by atoms with E-state index in [2.05, 4.69) is 52.0 Å². The number of rotatable bonds is 10. The van der Waals surface area contributed by atoms with Crippen LogP contribution in [0, 0.1) is 6.92 Å². The van der Waals surface area contributed by atoms with Gasteiger partial charge in [-0.25, -0.2) is 4.98 Å². The summed E-state index contributed by atoms with van der Waals surface area (Å²) in [6.07, 6.45) is 1.12. The topological polar surface area (TPSA) is 93.5 Å². The van der Waals surface area contributed by atoms with Crippen molar-refractivity contribution in [3.8, 4) is 5.75 Å². The summed E-state index contributed by atoms with van der Waals surface area (Å²) in [7, 11) is 0. The molecule has 0 unspecified atom stereocenters. The quantitative estimate of drug-likeness (QED) is 0.136. The fraction of sp³-hybridized carbons (Fsp3) is 0.324. The number of aromatic nitrogens is 4. The summed E-state index contributed by atoms with van der Waals surface area (Å²) in [5.41, 5.74) is 5.05. The molecule has 1 aliphatic rings. The standard InChI is InChI=1S/C34H35ClN6O3S/c1-23-10-15-29-28(19-23)32-33(41(29)21-25-7-4-3-5-8-25)36-34(38-37-32)45-18-6-9-30(42)39-16-17-40(24(2)20-39)31(43)22-44-27-13-11-26(35)12-14-27/h3-5,7-8,10-15,19,24H,6,9,16-18,20-22H2,1-2H3/t24-/m1/s1. The molecular weight excluding hydrogens is 608 g/mol. The zero-order valence-electron chi connectivity index (χ0n) is 25.4. The number of fused-ring (bicyclic) bond motifs is 3. The molecule has 45 heavy (non-hydrogen) atoms. The molecule has 0 N–H and O–H groups in total. The van der Waals surface area contributed by atoms with Crippen LogP contribution in [0.25, 0.3) is 22.1 Å². The Morgan fingerprint density at radius 3 is 2.58 bits per heavy atom. The van der Waals surface area contributed by atoms with E-state index < -0.39 is 0 Å². The number of aryl methyl sites for hydroxylation is 1. The summed E-state index contributed by atoms with van der Waals surface area (Å²) in [4.78, 5) is 34.4. The predicted octanol–water partition coefficient (Wildman–Crippen LogP) is 6.00. The van der Waals surface area contributed by atoms with Crippen molar-refractivity contribution in [2.24, 2.45) is 0 Å². The van der Waals surface area contributed by atoms with E-state index in [-0.39, 0.29) is 24.5 Å². The lowest BCUT2D eigenvalue weighted by atomic mass is 10.1. The monoisotopic (exact) mass is 642 g/mol. The summed E-state index contributed by atoms with van der Waals surface area (Å²) in [6, 6.07) is 23.5. The van der Waals surface area contributed by atoms with Gasteiger partial charge >= 0.3 is 0 Å². The molecule has 1 saturated heterocycles. The molecule has 3 heterocycles. The van der Waals surface area contributed by atoms with Crippen molar-refractivity contribution >= 4 is 57.2 Å². The number of hydrogen-bond acceptors (Lipinski definition) is 7. The first kappa shape index (κ1) is 30.9. The smallest absolute Gasteiger partial charge is 0.260 e. The largest absolute Gasteiger partial charge is 0.484 e. The minimum Gasteiger partial charge on any atom is -0.484 e. The Kier molecular flexibility index (Phi) is 9.51. The number of amides is 2. The molecular formula is C34H35ClN6O3S. The minimum atomic E-state index is -0.0931. The van der Waals surface area contributed by atoms with Gasteiger partial charge in [0, 0.05) is 54.8 Å². The SMILES string of the molecule is Cc1ccc2c(c1)c1nnc(SCCCC(=O)N3CCN(C(=O)COc4ccc(Cl)cc4)[C@H](C)C3)nc1n2Cc1ccccc1. The Balaban J connectivity index is 1.02. The first-order valence-corrected chi connectivity index (χ1v) is 16.5. The van der Waals surface area contributed by atoms with Gasteiger partial charge in [-0.1, -0.05) is 65.3 Å². The maximum Gasteiger partial charge on any atom is 0.260 e. The lowest BCUT2D eigenvalue weighted by Crippen LogP contribution is -2.56. The second kappa shape index (κ2) is 13.9. The Morgan fingerprint density at radius 2 is 1.80 bits per heavy atom. The van der Waals surface area contributed by atoms with Crippen LogP contribution in [0.2, 0.25) is 5.02 Å². The van der Waals surface area contributed by atoms with Crippen molar-refractivity contribution in [1.82, 2.24) is 29.5 Å². The van der Waals surface area contributed by atoms with E-state index in [9.17, 15) is 9.59 Å². The highest BCUT2D eigenvalue weighted by Gasteiger charge is 2.29. The van der Waals surface area contributed by atoms with Crippen LogP contribution in [0.15, 0.2) is 78.0 Å². The van der Waals surface area contributed by atoms with Crippen LogP contribution >= 0.6 is 23.4 Å². The van der Waals surface area contributed by atoms with Crippen LogP contribution in [0.1, 0.15) is 30.9 Å². The summed E-state index contributed by atoms with van der Waals surface area (Å²) in [6.45, 7) is 6.19. The molecule has 0 radical (unpaired) electrons. The van der Waals surface area contributed by atoms with Gasteiger partial charge in [-0.3, -0.25) is 9.59 Å². The van der Waals surface area contributed by atoms with Crippen molar-refractivity contribution in [2.45, 2.75) is 44.4 Å². The normalized spacial score (nSPS) is 15.1. The van der Waals surface area contributed by atoms with Crippen molar-refractivity contribution in [3.05, 3.63) is 88.9 Å². The predicted molar refractivity (Wildman–Crippen MR) is 178 cm³/mol. The Labute approximate surface area is 271 Å². The lowest BCUT2D eigenvalue weighted by Gasteiger charge is -2.39. The molecule has 0 saturated carbocycles. The van der Waals surface area contributed by atoms with Gasteiger partial charge in [0.1, 0.15) is 11.3 Å². The van der Waals surface area contributed by atoms with Crippen molar-refractivity contribution in [3.63, 3.8) is 0 Å². The van der Waals surface area contributed by atoms with Crippen LogP contribution in [0.5, 0.6) is 5.75 Å². The Bertz CT molecular complexity index is 1810. The maximum absolute atomic E-state index is 13.0. The number of ether oxygens (including phenoxy) is 1. The van der Waals surface area contributed by atoms with Crippen molar-refractivity contribution in [1.29, 1.82) is 0 Å². The van der Waals surface area contributed by atoms with Gasteiger partial charge < -0.3 is 19.1 Å². The highest BCUT2D eigenvalue weighted by molar-refractivity contribution is 7.99. The zero-order valence-corrected chi connectivity index (χ0v) is 26.9. The first-order valence-electron chi connectivity index (χ1n) is 15.1. The second-order valence-corrected chi connectivity index (χ2v) is 12.8. The molecule has 2 amide bonds. The molecule has 3 aromatic carbocycles. The first-order chi connectivity index (χ1) is 21.9. The number of nitrogens with zero attached hydrogens (tertiary/aromatic N) is 6. The molecule has 11 heteroatoms. The van der Waals surface area contributed by atoms with E-state index >= 15 is 0 Å². The van der Waals surface area contributed by atoms with Gasteiger partial charge in [0.25, 0.3) is 5.91 Å². The molecule has 232 valence electrons. The average molecular weight is 643 g/mol. The third kappa shape index (κ3) is 7.23. The van der Waals surface area contributed by atoms with E-state index in [4.69, 9.17) is 21.3 Å². The zero-order chi connectivity index (χ0) is 31.3. The van der Waals surface area contributed by atoms with Crippen LogP contribution in [-0.4, -0.2) is 79.4 Å². The van der Waals surface area contributed by atoms with E-state index in [0.717, 1.165) is 27.6 Å². The highest BCUT2D eigenvalue weighted by Crippen LogP contribution is 2.29. The van der Waals surface area contributed by atoms with Crippen LogP contribution in [0.3, 0.4) is 0 Å². The number of piperazine rings is 1. The van der Waals surface area contributed by atoms with Gasteiger partial charge in [0.05, 0.1) is 5.52 Å². The van der Waals surface area contributed by atoms with Crippen LogP contribution in [-0.2, 0) is 16.1 Å². The summed E-state index contributed by atoms with van der Waals surface area (Å²) < 4.78 is 7.83. The van der Waals surface area contributed by atoms with Crippen LogP contribution in [0.4, 0.5) is 0 Å². The van der Waals surface area contributed by atoms with Gasteiger partial charge in [-0.2, -0.15) is 0 Å². The molecule has 1 aliphatic heterocycles. The Morgan fingerprint density at radius 1 is 1.00 bits per heavy atom. The number of halogens is 1. The number of carbonyl (C=O) groups excluding carboxylic acids is 2. The summed E-state index contributed by atoms with van der Waals surface area (Å²) >= 11 is 7.43. The average Bonchev–Trinajstić information content (AvgIpc) is 3.34. The maximum atomic E-state index is 13.0. The fourth-order valence-corrected chi connectivity index (χ4v) is 6.55. The van der Waals surface area contributed by atoms with E-state index in [1.165, 1.54) is 17.3 Å². The molecule has 5 aromatic rings. The number of hydrogen-bond donors (Lipinski definition) is 0.